The number of amides is 1. The summed E-state index contributed by atoms with van der Waals surface area (Å²) in [5.74, 6) is 0.0213. The van der Waals surface area contributed by atoms with Crippen LogP contribution in [0.4, 0.5) is 17.1 Å². The van der Waals surface area contributed by atoms with Crippen molar-refractivity contribution in [1.82, 2.24) is 4.98 Å². The quantitative estimate of drug-likeness (QED) is 0.240. The summed E-state index contributed by atoms with van der Waals surface area (Å²) in [5, 5.41) is 17.0. The van der Waals surface area contributed by atoms with Crippen LogP contribution in [-0.4, -0.2) is 34.9 Å². The van der Waals surface area contributed by atoms with Gasteiger partial charge in [-0.15, -0.1) is 11.3 Å². The minimum absolute atomic E-state index is 0.0918. The van der Waals surface area contributed by atoms with Crippen molar-refractivity contribution in [2.24, 2.45) is 11.8 Å². The van der Waals surface area contributed by atoms with Crippen molar-refractivity contribution in [2.45, 2.75) is 40.2 Å². The molecule has 0 unspecified atom stereocenters. The fraction of sp³-hybridized carbons (Fsp3) is 0.370. The van der Waals surface area contributed by atoms with Crippen molar-refractivity contribution in [2.75, 3.05) is 23.3 Å². The maximum absolute atomic E-state index is 12.7. The molecule has 0 radical (unpaired) electrons. The van der Waals surface area contributed by atoms with E-state index in [0.29, 0.717) is 28.2 Å². The molecule has 9 nitrogen and oxygen atoms in total. The van der Waals surface area contributed by atoms with Gasteiger partial charge in [-0.1, -0.05) is 32.0 Å². The van der Waals surface area contributed by atoms with E-state index >= 15 is 0 Å². The van der Waals surface area contributed by atoms with Crippen LogP contribution < -0.4 is 10.2 Å². The predicted octanol–water partition coefficient (Wildman–Crippen LogP) is 5.38. The Bertz CT molecular complexity index is 1300. The first-order valence-electron chi connectivity index (χ1n) is 12.2. The zero-order chi connectivity index (χ0) is 26.5. The van der Waals surface area contributed by atoms with Crippen LogP contribution in [0.15, 0.2) is 47.8 Å². The monoisotopic (exact) mass is 522 g/mol. The van der Waals surface area contributed by atoms with Crippen LogP contribution in [0.5, 0.6) is 0 Å². The highest BCUT2D eigenvalue weighted by Crippen LogP contribution is 2.34. The van der Waals surface area contributed by atoms with Gasteiger partial charge >= 0.3 is 5.97 Å². The van der Waals surface area contributed by atoms with Gasteiger partial charge in [-0.05, 0) is 48.9 Å². The van der Waals surface area contributed by atoms with Crippen LogP contribution >= 0.6 is 11.3 Å². The van der Waals surface area contributed by atoms with E-state index in [9.17, 15) is 19.7 Å². The summed E-state index contributed by atoms with van der Waals surface area (Å²) in [7, 11) is 0. The number of benzene rings is 2. The molecule has 10 heteroatoms. The fourth-order valence-electron chi connectivity index (χ4n) is 4.69. The molecule has 4 rings (SSSR count). The van der Waals surface area contributed by atoms with E-state index in [1.54, 1.807) is 17.5 Å². The van der Waals surface area contributed by atoms with E-state index in [2.05, 4.69) is 24.1 Å². The van der Waals surface area contributed by atoms with Crippen LogP contribution in [0.1, 0.15) is 46.9 Å². The van der Waals surface area contributed by atoms with Gasteiger partial charge in [-0.3, -0.25) is 14.9 Å². The molecule has 1 amide bonds. The van der Waals surface area contributed by atoms with E-state index in [1.807, 2.05) is 36.1 Å². The summed E-state index contributed by atoms with van der Waals surface area (Å²) in [4.78, 5) is 42.8. The molecule has 1 aromatic heterocycles. The van der Waals surface area contributed by atoms with Crippen LogP contribution in [0.3, 0.4) is 0 Å². The molecule has 1 saturated heterocycles. The maximum atomic E-state index is 12.7. The first-order valence-corrected chi connectivity index (χ1v) is 13.1. The highest BCUT2D eigenvalue weighted by molar-refractivity contribution is 7.09. The van der Waals surface area contributed by atoms with Gasteiger partial charge < -0.3 is 15.0 Å². The number of hydrogen-bond acceptors (Lipinski definition) is 8. The molecule has 37 heavy (non-hydrogen) atoms. The zero-order valence-corrected chi connectivity index (χ0v) is 21.9. The maximum Gasteiger partial charge on any atom is 0.338 e. The Labute approximate surface area is 219 Å². The second-order valence-electron chi connectivity index (χ2n) is 9.66. The zero-order valence-electron chi connectivity index (χ0n) is 21.1. The largest absolute Gasteiger partial charge is 0.456 e. The van der Waals surface area contributed by atoms with Gasteiger partial charge in [0, 0.05) is 30.2 Å². The molecular weight excluding hydrogens is 492 g/mol. The number of thiazole rings is 1. The molecule has 1 aliphatic rings. The highest BCUT2D eigenvalue weighted by atomic mass is 32.1. The summed E-state index contributed by atoms with van der Waals surface area (Å²) >= 11 is 1.31. The molecule has 3 aromatic rings. The number of aromatic nitrogens is 1. The molecule has 0 spiro atoms. The summed E-state index contributed by atoms with van der Waals surface area (Å²) < 4.78 is 5.37. The van der Waals surface area contributed by atoms with Gasteiger partial charge in [0.15, 0.2) is 0 Å². The smallest absolute Gasteiger partial charge is 0.338 e. The molecule has 1 fully saturated rings. The predicted molar refractivity (Wildman–Crippen MR) is 143 cm³/mol. The second-order valence-corrected chi connectivity index (χ2v) is 10.6. The summed E-state index contributed by atoms with van der Waals surface area (Å²) in [5.41, 5.74) is 2.76. The molecule has 2 heterocycles. The van der Waals surface area contributed by atoms with Crippen molar-refractivity contribution >= 4 is 40.3 Å². The van der Waals surface area contributed by atoms with Crippen LogP contribution in [0.2, 0.25) is 0 Å². The average molecular weight is 523 g/mol. The Morgan fingerprint density at radius 1 is 1.19 bits per heavy atom. The van der Waals surface area contributed by atoms with E-state index in [1.165, 1.54) is 17.4 Å². The summed E-state index contributed by atoms with van der Waals surface area (Å²) in [6.45, 7) is 7.59. The first-order chi connectivity index (χ1) is 17.7. The van der Waals surface area contributed by atoms with Gasteiger partial charge in [-0.2, -0.15) is 0 Å². The summed E-state index contributed by atoms with van der Waals surface area (Å²) in [6, 6.07) is 12.0. The van der Waals surface area contributed by atoms with Crippen molar-refractivity contribution in [3.63, 3.8) is 0 Å². The Morgan fingerprint density at radius 2 is 1.92 bits per heavy atom. The van der Waals surface area contributed by atoms with Gasteiger partial charge in [0.25, 0.3) is 5.69 Å². The Hall–Kier alpha value is -3.79. The lowest BCUT2D eigenvalue weighted by Gasteiger charge is -2.36. The lowest BCUT2D eigenvalue weighted by atomic mass is 9.91. The number of hydrogen-bond donors (Lipinski definition) is 1. The molecule has 194 valence electrons. The number of nitro groups is 1. The SMILES string of the molecule is Cc1ccccc1NC(=O)Cc1nc(COC(=O)c2ccc(N3C[C@@H](C)C[C@H](C)C3)c([N+](=O)[O-])c2)cs1. The topological polar surface area (TPSA) is 115 Å². The number of esters is 1. The van der Waals surface area contributed by atoms with Crippen molar-refractivity contribution < 1.29 is 19.2 Å². The molecule has 1 N–H and O–H groups in total. The number of carbonyl (C=O) groups is 2. The normalized spacial score (nSPS) is 17.3. The van der Waals surface area contributed by atoms with Gasteiger partial charge in [0.1, 0.15) is 17.3 Å². The van der Waals surface area contributed by atoms with Crippen LogP contribution in [-0.2, 0) is 22.6 Å². The molecule has 2 atom stereocenters. The third kappa shape index (κ3) is 6.71. The van der Waals surface area contributed by atoms with Crippen LogP contribution in [0, 0.1) is 28.9 Å². The number of ether oxygens (including phenoxy) is 1. The number of para-hydroxylation sites is 1. The molecule has 0 saturated carbocycles. The van der Waals surface area contributed by atoms with Gasteiger partial charge in [-0.25, -0.2) is 9.78 Å². The minimum atomic E-state index is -0.665. The Kier molecular flexibility index (Phi) is 8.17. The Balaban J connectivity index is 1.36. The molecule has 2 aromatic carbocycles. The molecular formula is C27H30N4O5S. The lowest BCUT2D eigenvalue weighted by Crippen LogP contribution is -2.39. The van der Waals surface area contributed by atoms with E-state index < -0.39 is 10.9 Å². The van der Waals surface area contributed by atoms with Gasteiger partial charge in [0.2, 0.25) is 5.91 Å². The number of anilines is 2. The third-order valence-corrected chi connectivity index (χ3v) is 7.20. The lowest BCUT2D eigenvalue weighted by molar-refractivity contribution is -0.384. The number of carbonyl (C=O) groups excluding carboxylic acids is 2. The van der Waals surface area contributed by atoms with E-state index in [-0.39, 0.29) is 30.2 Å². The standard InChI is InChI=1S/C27H30N4O5S/c1-17-10-18(2)14-30(13-17)23-9-8-20(11-24(23)31(34)35)27(33)36-15-21-16-37-26(28-21)12-25(32)29-22-7-5-4-6-19(22)3/h4-9,11,16-18H,10,12-15H2,1-3H3,(H,29,32)/t17-,18-/m0/s1. The molecule has 0 aliphatic carbocycles. The average Bonchev–Trinajstić information content (AvgIpc) is 3.30. The number of piperidine rings is 1. The number of aryl methyl sites for hydroxylation is 1. The van der Waals surface area contributed by atoms with Crippen molar-refractivity contribution in [1.29, 1.82) is 0 Å². The molecule has 0 bridgehead atoms. The van der Waals surface area contributed by atoms with E-state index in [0.717, 1.165) is 30.8 Å². The minimum Gasteiger partial charge on any atom is -0.456 e. The third-order valence-electron chi connectivity index (χ3n) is 6.30. The highest BCUT2D eigenvalue weighted by Gasteiger charge is 2.28. The fourth-order valence-corrected chi connectivity index (χ4v) is 5.47. The summed E-state index contributed by atoms with van der Waals surface area (Å²) in [6.07, 6.45) is 1.19. The van der Waals surface area contributed by atoms with Crippen molar-refractivity contribution in [3.8, 4) is 0 Å². The number of nitrogens with zero attached hydrogens (tertiary/aromatic N) is 3. The number of nitro benzene ring substituents is 1. The van der Waals surface area contributed by atoms with Crippen molar-refractivity contribution in [3.05, 3.63) is 79.8 Å². The van der Waals surface area contributed by atoms with Gasteiger partial charge in [0.05, 0.1) is 22.6 Å². The van der Waals surface area contributed by atoms with E-state index in [4.69, 9.17) is 4.74 Å². The number of nitrogens with one attached hydrogen (secondary N) is 1. The Morgan fingerprint density at radius 3 is 2.62 bits per heavy atom. The first kappa shape index (κ1) is 26.3. The second kappa shape index (κ2) is 11.5. The molecule has 1 aliphatic heterocycles. The van der Waals surface area contributed by atoms with Crippen LogP contribution in [0.25, 0.3) is 0 Å². The number of rotatable bonds is 8.